The fraction of sp³-hybridized carbons (Fsp3) is 0.333. The summed E-state index contributed by atoms with van der Waals surface area (Å²) in [6.45, 7) is 1.31. The number of halogens is 3. The summed E-state index contributed by atoms with van der Waals surface area (Å²) in [7, 11) is 1.47. The van der Waals surface area contributed by atoms with E-state index in [1.165, 1.54) is 19.4 Å². The van der Waals surface area contributed by atoms with Gasteiger partial charge in [-0.05, 0) is 48.4 Å². The van der Waals surface area contributed by atoms with Gasteiger partial charge in [0.05, 0.1) is 12.1 Å². The standard InChI is InChI=1S/C36H35F3N8O3/c1-50-36(34(49)43-26-7-8-28-27(20-26)31(45-44-28)24-9-15-40-29(19-24)32(37)38)12-16-46(22-36)21-30(48)47-17-10-35(39,11-18-47)25-5-3-23(4-6-25)33-41-13-2-14-42-33/h2-9,13-15,19-20,32H,10-12,16-18,21-22H2,1H3,(H,43,49)(H,44,45)/t36-/m0/s1. The number of nitrogens with one attached hydrogen (secondary N) is 2. The number of alkyl halides is 3. The number of likely N-dealkylation sites (tertiary alicyclic amines) is 2. The number of aromatic amines is 1. The molecule has 2 N–H and O–H groups in total. The number of hydrogen-bond acceptors (Lipinski definition) is 8. The summed E-state index contributed by atoms with van der Waals surface area (Å²) in [5.74, 6) is 0.0817. The number of carbonyl (C=O) groups excluding carboxylic acids is 2. The zero-order valence-corrected chi connectivity index (χ0v) is 27.3. The second-order valence-corrected chi connectivity index (χ2v) is 12.7. The maximum absolute atomic E-state index is 16.0. The number of anilines is 1. The number of aromatic nitrogens is 5. The highest BCUT2D eigenvalue weighted by atomic mass is 19.3. The van der Waals surface area contributed by atoms with Crippen LogP contribution < -0.4 is 5.32 Å². The van der Waals surface area contributed by atoms with Gasteiger partial charge in [-0.15, -0.1) is 0 Å². The first-order chi connectivity index (χ1) is 24.2. The molecule has 1 atom stereocenters. The number of fused-ring (bicyclic) bond motifs is 1. The fourth-order valence-corrected chi connectivity index (χ4v) is 6.77. The minimum absolute atomic E-state index is 0.0837. The molecule has 0 spiro atoms. The van der Waals surface area contributed by atoms with Crippen LogP contribution in [0.25, 0.3) is 33.5 Å². The van der Waals surface area contributed by atoms with Crippen molar-refractivity contribution in [2.24, 2.45) is 0 Å². The molecule has 2 saturated heterocycles. The molecule has 14 heteroatoms. The van der Waals surface area contributed by atoms with Gasteiger partial charge in [-0.25, -0.2) is 23.1 Å². The number of piperidine rings is 1. The molecule has 5 aromatic rings. The third-order valence-electron chi connectivity index (χ3n) is 9.71. The number of amides is 2. The molecule has 2 aliphatic heterocycles. The predicted molar refractivity (Wildman–Crippen MR) is 180 cm³/mol. The number of rotatable bonds is 9. The number of ether oxygens (including phenoxy) is 1. The van der Waals surface area contributed by atoms with Gasteiger partial charge >= 0.3 is 0 Å². The SMILES string of the molecule is CO[C@@]1(C(=O)Nc2ccc3[nH]nc(-c4ccnc(C(F)F)c4)c3c2)CCN(CC(=O)N2CCC(F)(c3ccc(-c4ncccn4)cc3)CC2)C1. The van der Waals surface area contributed by atoms with E-state index < -0.39 is 17.7 Å². The van der Waals surface area contributed by atoms with Crippen LogP contribution in [0.2, 0.25) is 0 Å². The molecular formula is C36H35F3N8O3. The summed E-state index contributed by atoms with van der Waals surface area (Å²) in [6.07, 6.45) is 2.64. The first-order valence-electron chi connectivity index (χ1n) is 16.3. The Morgan fingerprint density at radius 3 is 2.42 bits per heavy atom. The van der Waals surface area contributed by atoms with Crippen LogP contribution in [-0.4, -0.2) is 92.2 Å². The fourth-order valence-electron chi connectivity index (χ4n) is 6.77. The molecule has 11 nitrogen and oxygen atoms in total. The molecule has 0 unspecified atom stereocenters. The Morgan fingerprint density at radius 1 is 0.940 bits per heavy atom. The van der Waals surface area contributed by atoms with Gasteiger partial charge in [-0.3, -0.25) is 24.6 Å². The van der Waals surface area contributed by atoms with Crippen molar-refractivity contribution < 1.29 is 27.5 Å². The average Bonchev–Trinajstić information content (AvgIpc) is 3.77. The minimum Gasteiger partial charge on any atom is -0.367 e. The molecule has 0 radical (unpaired) electrons. The Bertz CT molecular complexity index is 2000. The van der Waals surface area contributed by atoms with Crippen molar-refractivity contribution in [3.8, 4) is 22.6 Å². The van der Waals surface area contributed by atoms with Crippen molar-refractivity contribution in [1.82, 2.24) is 34.9 Å². The normalized spacial score (nSPS) is 19.3. The molecule has 2 aliphatic rings. The van der Waals surface area contributed by atoms with Gasteiger partial charge in [0.15, 0.2) is 11.4 Å². The molecule has 0 saturated carbocycles. The van der Waals surface area contributed by atoms with E-state index >= 15 is 4.39 Å². The Labute approximate surface area is 285 Å². The topological polar surface area (TPSA) is 129 Å². The van der Waals surface area contributed by atoms with Gasteiger partial charge in [0.2, 0.25) is 5.91 Å². The van der Waals surface area contributed by atoms with Crippen LogP contribution in [0.4, 0.5) is 18.9 Å². The van der Waals surface area contributed by atoms with Crippen molar-refractivity contribution in [2.75, 3.05) is 45.2 Å². The monoisotopic (exact) mass is 684 g/mol. The van der Waals surface area contributed by atoms with Crippen molar-refractivity contribution in [2.45, 2.75) is 37.0 Å². The number of benzene rings is 2. The highest BCUT2D eigenvalue weighted by Crippen LogP contribution is 2.38. The van der Waals surface area contributed by atoms with Gasteiger partial charge in [0.1, 0.15) is 17.1 Å². The van der Waals surface area contributed by atoms with Gasteiger partial charge in [0, 0.05) is 86.9 Å². The molecule has 2 fully saturated rings. The van der Waals surface area contributed by atoms with Crippen LogP contribution in [0.3, 0.4) is 0 Å². The summed E-state index contributed by atoms with van der Waals surface area (Å²) in [5, 5.41) is 10.8. The molecule has 50 heavy (non-hydrogen) atoms. The summed E-state index contributed by atoms with van der Waals surface area (Å²) >= 11 is 0. The van der Waals surface area contributed by atoms with E-state index in [1.54, 1.807) is 59.8 Å². The van der Waals surface area contributed by atoms with Crippen LogP contribution in [0.15, 0.2) is 79.3 Å². The predicted octanol–water partition coefficient (Wildman–Crippen LogP) is 5.54. The lowest BCUT2D eigenvalue weighted by molar-refractivity contribution is -0.139. The first-order valence-corrected chi connectivity index (χ1v) is 16.3. The van der Waals surface area contributed by atoms with Gasteiger partial charge in [-0.1, -0.05) is 24.3 Å². The maximum Gasteiger partial charge on any atom is 0.280 e. The van der Waals surface area contributed by atoms with E-state index in [2.05, 4.69) is 30.5 Å². The van der Waals surface area contributed by atoms with Crippen LogP contribution in [0.1, 0.15) is 36.9 Å². The Hall–Kier alpha value is -5.21. The van der Waals surface area contributed by atoms with E-state index in [1.807, 2.05) is 17.0 Å². The Morgan fingerprint density at radius 2 is 1.70 bits per heavy atom. The van der Waals surface area contributed by atoms with Gasteiger partial charge in [0.25, 0.3) is 12.3 Å². The first kappa shape index (κ1) is 33.3. The summed E-state index contributed by atoms with van der Waals surface area (Å²) in [6, 6.07) is 17.0. The highest BCUT2D eigenvalue weighted by Gasteiger charge is 2.46. The van der Waals surface area contributed by atoms with Gasteiger partial charge < -0.3 is 15.0 Å². The largest absolute Gasteiger partial charge is 0.367 e. The minimum atomic E-state index is -2.72. The van der Waals surface area contributed by atoms with E-state index in [9.17, 15) is 18.4 Å². The molecule has 258 valence electrons. The molecule has 7 rings (SSSR count). The molecule has 3 aromatic heterocycles. The van der Waals surface area contributed by atoms with Crippen LogP contribution >= 0.6 is 0 Å². The zero-order chi connectivity index (χ0) is 34.9. The second-order valence-electron chi connectivity index (χ2n) is 12.7. The zero-order valence-electron chi connectivity index (χ0n) is 27.3. The third kappa shape index (κ3) is 6.55. The molecule has 0 bridgehead atoms. The van der Waals surface area contributed by atoms with Crippen molar-refractivity contribution in [1.29, 1.82) is 0 Å². The number of pyridine rings is 1. The molecular weight excluding hydrogens is 649 g/mol. The molecule has 2 aromatic carbocycles. The van der Waals surface area contributed by atoms with Crippen molar-refractivity contribution >= 4 is 28.4 Å². The Kier molecular flexibility index (Phi) is 9.05. The van der Waals surface area contributed by atoms with Crippen molar-refractivity contribution in [3.05, 3.63) is 90.5 Å². The van der Waals surface area contributed by atoms with E-state index in [4.69, 9.17) is 4.74 Å². The van der Waals surface area contributed by atoms with Crippen LogP contribution in [0, 0.1) is 0 Å². The highest BCUT2D eigenvalue weighted by molar-refractivity contribution is 6.01. The summed E-state index contributed by atoms with van der Waals surface area (Å²) in [4.78, 5) is 42.7. The molecule has 5 heterocycles. The average molecular weight is 685 g/mol. The van der Waals surface area contributed by atoms with E-state index in [0.717, 1.165) is 5.56 Å². The van der Waals surface area contributed by atoms with E-state index in [-0.39, 0.29) is 56.5 Å². The van der Waals surface area contributed by atoms with Crippen LogP contribution in [-0.2, 0) is 20.0 Å². The number of carbonyl (C=O) groups is 2. The number of H-pyrrole nitrogens is 1. The summed E-state index contributed by atoms with van der Waals surface area (Å²) in [5.41, 5.74) is 0.339. The molecule has 2 amide bonds. The maximum atomic E-state index is 16.0. The quantitative estimate of drug-likeness (QED) is 0.207. The van der Waals surface area contributed by atoms with Gasteiger partial charge in [-0.2, -0.15) is 5.10 Å². The lowest BCUT2D eigenvalue weighted by atomic mass is 9.85. The second kappa shape index (κ2) is 13.6. The Balaban J connectivity index is 0.958. The smallest absolute Gasteiger partial charge is 0.280 e. The van der Waals surface area contributed by atoms with E-state index in [0.29, 0.717) is 52.2 Å². The molecule has 0 aliphatic carbocycles. The third-order valence-corrected chi connectivity index (χ3v) is 9.71. The number of methoxy groups -OCH3 is 1. The lowest BCUT2D eigenvalue weighted by Crippen LogP contribution is -2.49. The van der Waals surface area contributed by atoms with Crippen LogP contribution in [0.5, 0.6) is 0 Å². The number of hydrogen-bond donors (Lipinski definition) is 2. The summed E-state index contributed by atoms with van der Waals surface area (Å²) < 4.78 is 48.3. The number of nitrogens with zero attached hydrogens (tertiary/aromatic N) is 6. The lowest BCUT2D eigenvalue weighted by Gasteiger charge is -2.37. The van der Waals surface area contributed by atoms with Crippen molar-refractivity contribution in [3.63, 3.8) is 0 Å².